The highest BCUT2D eigenvalue weighted by Crippen LogP contribution is 2.13. The van der Waals surface area contributed by atoms with E-state index in [9.17, 15) is 14.4 Å². The molecule has 8 heteroatoms. The number of carboxylic acid groups (broad SMARTS) is 1. The van der Waals surface area contributed by atoms with Gasteiger partial charge in [0.2, 0.25) is 11.8 Å². The van der Waals surface area contributed by atoms with E-state index in [-0.39, 0.29) is 31.2 Å². The molecule has 0 unspecified atom stereocenters. The number of amides is 2. The van der Waals surface area contributed by atoms with Crippen LogP contribution in [0.25, 0.3) is 0 Å². The van der Waals surface area contributed by atoms with Crippen LogP contribution in [0.4, 0.5) is 0 Å². The van der Waals surface area contributed by atoms with Crippen LogP contribution in [0.2, 0.25) is 0 Å². The maximum atomic E-state index is 12.2. The Morgan fingerprint density at radius 3 is 1.56 bits per heavy atom. The Kier molecular flexibility index (Phi) is 25.4. The molecular weight excluding hydrogens is 454 g/mol. The van der Waals surface area contributed by atoms with E-state index in [1.165, 1.54) is 89.9 Å². The predicted octanol–water partition coefficient (Wildman–Crippen LogP) is 5.48. The summed E-state index contributed by atoms with van der Waals surface area (Å²) in [6.45, 7) is 4.74. The van der Waals surface area contributed by atoms with Crippen LogP contribution in [-0.4, -0.2) is 41.5 Å². The number of hydrogen-bond donors (Lipinski definition) is 4. The lowest BCUT2D eigenvalue weighted by atomic mass is 10.0. The smallest absolute Gasteiger partial charge is 0.303 e. The fraction of sp³-hybridized carbons (Fsp3) is 0.885. The van der Waals surface area contributed by atoms with Crippen molar-refractivity contribution < 1.29 is 19.5 Å². The van der Waals surface area contributed by atoms with E-state index in [2.05, 4.69) is 17.6 Å². The fourth-order valence-electron chi connectivity index (χ4n) is 3.93. The molecule has 2 atom stereocenters. The number of nitrogens with one attached hydrogen (secondary N) is 2. The molecule has 0 aromatic carbocycles. The number of halogens is 1. The van der Waals surface area contributed by atoms with Gasteiger partial charge in [0.05, 0.1) is 6.04 Å². The Morgan fingerprint density at radius 2 is 1.18 bits per heavy atom. The molecule has 34 heavy (non-hydrogen) atoms. The van der Waals surface area contributed by atoms with E-state index < -0.39 is 24.0 Å². The third-order valence-electron chi connectivity index (χ3n) is 6.18. The van der Waals surface area contributed by atoms with Gasteiger partial charge in [-0.15, -0.1) is 12.4 Å². The van der Waals surface area contributed by atoms with Gasteiger partial charge in [-0.1, -0.05) is 103 Å². The summed E-state index contributed by atoms with van der Waals surface area (Å²) in [5.74, 6) is -2.07. The Bertz CT molecular complexity index is 520. The van der Waals surface area contributed by atoms with Crippen molar-refractivity contribution in [1.82, 2.24) is 10.6 Å². The van der Waals surface area contributed by atoms with Gasteiger partial charge in [-0.25, -0.2) is 0 Å². The van der Waals surface area contributed by atoms with Crippen molar-refractivity contribution in [3.8, 4) is 0 Å². The van der Waals surface area contributed by atoms with Gasteiger partial charge < -0.3 is 21.5 Å². The SMILES string of the molecule is CCCCCCCCCCCCCCCCCCN[C@@H](C)C(=O)N[C@H](CCC(=O)O)C(N)=O.Cl. The van der Waals surface area contributed by atoms with Crippen LogP contribution in [0.3, 0.4) is 0 Å². The molecule has 0 aliphatic heterocycles. The van der Waals surface area contributed by atoms with Gasteiger partial charge >= 0.3 is 5.97 Å². The van der Waals surface area contributed by atoms with Gasteiger partial charge in [-0.2, -0.15) is 0 Å². The van der Waals surface area contributed by atoms with Crippen molar-refractivity contribution in [2.75, 3.05) is 6.54 Å². The Hall–Kier alpha value is -1.34. The third-order valence-corrected chi connectivity index (χ3v) is 6.18. The average molecular weight is 506 g/mol. The van der Waals surface area contributed by atoms with Gasteiger partial charge in [0.25, 0.3) is 0 Å². The van der Waals surface area contributed by atoms with Gasteiger partial charge in [-0.05, 0) is 26.3 Å². The molecule has 7 nitrogen and oxygen atoms in total. The highest BCUT2D eigenvalue weighted by atomic mass is 35.5. The molecule has 0 saturated carbocycles. The zero-order valence-electron chi connectivity index (χ0n) is 21.7. The van der Waals surface area contributed by atoms with E-state index in [1.807, 2.05) is 0 Å². The number of carbonyl (C=O) groups is 3. The van der Waals surface area contributed by atoms with Crippen molar-refractivity contribution in [3.63, 3.8) is 0 Å². The molecule has 202 valence electrons. The van der Waals surface area contributed by atoms with Crippen LogP contribution >= 0.6 is 12.4 Å². The highest BCUT2D eigenvalue weighted by molar-refractivity contribution is 5.89. The summed E-state index contributed by atoms with van der Waals surface area (Å²) in [6.07, 6.45) is 21.0. The zero-order chi connectivity index (χ0) is 24.7. The van der Waals surface area contributed by atoms with E-state index in [4.69, 9.17) is 10.8 Å². The van der Waals surface area contributed by atoms with Gasteiger partial charge in [-0.3, -0.25) is 14.4 Å². The van der Waals surface area contributed by atoms with Crippen LogP contribution < -0.4 is 16.4 Å². The molecule has 0 rings (SSSR count). The lowest BCUT2D eigenvalue weighted by Gasteiger charge is -2.19. The second-order valence-electron chi connectivity index (χ2n) is 9.38. The summed E-state index contributed by atoms with van der Waals surface area (Å²) >= 11 is 0. The van der Waals surface area contributed by atoms with Gasteiger partial charge in [0, 0.05) is 6.42 Å². The molecule has 5 N–H and O–H groups in total. The van der Waals surface area contributed by atoms with Crippen LogP contribution in [0, 0.1) is 0 Å². The molecular formula is C26H52ClN3O4. The zero-order valence-corrected chi connectivity index (χ0v) is 22.6. The molecule has 0 spiro atoms. The summed E-state index contributed by atoms with van der Waals surface area (Å²) in [5.41, 5.74) is 5.25. The maximum absolute atomic E-state index is 12.2. The molecule has 0 aliphatic rings. The number of primary amides is 1. The number of rotatable bonds is 24. The van der Waals surface area contributed by atoms with Crippen LogP contribution in [-0.2, 0) is 14.4 Å². The highest BCUT2D eigenvalue weighted by Gasteiger charge is 2.21. The summed E-state index contributed by atoms with van der Waals surface area (Å²) in [7, 11) is 0. The molecule has 0 bridgehead atoms. The summed E-state index contributed by atoms with van der Waals surface area (Å²) in [6, 6.07) is -1.40. The molecule has 0 aromatic heterocycles. The number of unbranched alkanes of at least 4 members (excludes halogenated alkanes) is 15. The standard InChI is InChI=1S/C26H51N3O4.ClH/c1-3-4-5-6-7-8-9-10-11-12-13-14-15-16-17-18-21-28-22(2)26(33)29-23(25(27)32)19-20-24(30)31;/h22-23,28H,3-21H2,1-2H3,(H2,27,32)(H,29,33)(H,30,31);1H/t22-,23+;/m0./s1. The average Bonchev–Trinajstić information content (AvgIpc) is 2.77. The minimum atomic E-state index is -1.02. The quantitative estimate of drug-likeness (QED) is 0.129. The van der Waals surface area contributed by atoms with Crippen LogP contribution in [0.15, 0.2) is 0 Å². The molecule has 0 saturated heterocycles. The monoisotopic (exact) mass is 505 g/mol. The molecule has 0 radical (unpaired) electrons. The van der Waals surface area contributed by atoms with E-state index in [1.54, 1.807) is 6.92 Å². The van der Waals surface area contributed by atoms with E-state index in [0.717, 1.165) is 19.4 Å². The van der Waals surface area contributed by atoms with Gasteiger partial charge in [0.15, 0.2) is 0 Å². The lowest BCUT2D eigenvalue weighted by molar-refractivity contribution is -0.137. The lowest BCUT2D eigenvalue weighted by Crippen LogP contribution is -2.51. The Labute approximate surface area is 214 Å². The number of carboxylic acids is 1. The minimum Gasteiger partial charge on any atom is -0.481 e. The first kappa shape index (κ1) is 34.8. The largest absolute Gasteiger partial charge is 0.481 e. The molecule has 0 aromatic rings. The molecule has 0 fully saturated rings. The summed E-state index contributed by atoms with van der Waals surface area (Å²) in [4.78, 5) is 34.2. The van der Waals surface area contributed by atoms with Crippen molar-refractivity contribution >= 4 is 30.2 Å². The Morgan fingerprint density at radius 1 is 0.765 bits per heavy atom. The van der Waals surface area contributed by atoms with Crippen LogP contribution in [0.1, 0.15) is 129 Å². The Balaban J connectivity index is 0. The normalized spacial score (nSPS) is 12.5. The number of hydrogen-bond acceptors (Lipinski definition) is 4. The molecule has 0 aliphatic carbocycles. The number of aliphatic carboxylic acids is 1. The van der Waals surface area contributed by atoms with E-state index >= 15 is 0 Å². The number of carbonyl (C=O) groups excluding carboxylic acids is 2. The van der Waals surface area contributed by atoms with Crippen LogP contribution in [0.5, 0.6) is 0 Å². The maximum Gasteiger partial charge on any atom is 0.303 e. The first-order valence-electron chi connectivity index (χ1n) is 13.4. The molecule has 0 heterocycles. The second-order valence-corrected chi connectivity index (χ2v) is 9.38. The predicted molar refractivity (Wildman–Crippen MR) is 142 cm³/mol. The van der Waals surface area contributed by atoms with Crippen molar-refractivity contribution in [3.05, 3.63) is 0 Å². The third kappa shape index (κ3) is 22.5. The topological polar surface area (TPSA) is 122 Å². The second kappa shape index (κ2) is 24.8. The number of nitrogens with two attached hydrogens (primary N) is 1. The fourth-order valence-corrected chi connectivity index (χ4v) is 3.93. The first-order chi connectivity index (χ1) is 15.9. The van der Waals surface area contributed by atoms with Crippen molar-refractivity contribution in [2.24, 2.45) is 5.73 Å². The van der Waals surface area contributed by atoms with E-state index in [0.29, 0.717) is 0 Å². The first-order valence-corrected chi connectivity index (χ1v) is 13.4. The summed E-state index contributed by atoms with van der Waals surface area (Å²) in [5, 5.41) is 14.4. The van der Waals surface area contributed by atoms with Gasteiger partial charge in [0.1, 0.15) is 6.04 Å². The van der Waals surface area contributed by atoms with Crippen molar-refractivity contribution in [1.29, 1.82) is 0 Å². The summed E-state index contributed by atoms with van der Waals surface area (Å²) < 4.78 is 0. The molecule has 2 amide bonds. The minimum absolute atomic E-state index is 0. The van der Waals surface area contributed by atoms with Crippen molar-refractivity contribution in [2.45, 2.75) is 142 Å².